The second-order valence-electron chi connectivity index (χ2n) is 6.31. The van der Waals surface area contributed by atoms with Gasteiger partial charge in [-0.1, -0.05) is 18.2 Å². The van der Waals surface area contributed by atoms with Gasteiger partial charge in [-0.25, -0.2) is 4.79 Å². The van der Waals surface area contributed by atoms with E-state index in [0.29, 0.717) is 6.21 Å². The number of aliphatic carboxylic acids is 1. The number of esters is 1. The molecule has 0 aliphatic carbocycles. The van der Waals surface area contributed by atoms with E-state index in [4.69, 9.17) is 10.3 Å². The standard InChI is InChI=1S/C19H20N4O6/c1-11(24)29-17(8-12-9-21-15-5-3-2-4-14(12)15)18(26)23-16(19(27)28)7-6-13(25)10-22-20/h2-5,9-10,16-17,21H,6-8H2,1H3,(H,23,26)(H,27,28). The number of carbonyl (C=O) groups excluding carboxylic acids is 3. The first-order valence-corrected chi connectivity index (χ1v) is 8.77. The summed E-state index contributed by atoms with van der Waals surface area (Å²) >= 11 is 0. The number of carboxylic acid groups (broad SMARTS) is 1. The molecule has 0 bridgehead atoms. The molecule has 152 valence electrons. The molecule has 1 aromatic heterocycles. The molecule has 0 saturated carbocycles. The van der Waals surface area contributed by atoms with Gasteiger partial charge in [-0.3, -0.25) is 14.4 Å². The summed E-state index contributed by atoms with van der Waals surface area (Å²) in [5, 5.41) is 12.4. The maximum absolute atomic E-state index is 12.6. The molecule has 29 heavy (non-hydrogen) atoms. The van der Waals surface area contributed by atoms with Gasteiger partial charge in [-0.05, 0) is 18.1 Å². The highest BCUT2D eigenvalue weighted by Gasteiger charge is 2.28. The number of hydrogen-bond acceptors (Lipinski definition) is 5. The van der Waals surface area contributed by atoms with Crippen LogP contribution in [-0.4, -0.2) is 56.9 Å². The van der Waals surface area contributed by atoms with Crippen LogP contribution in [0.2, 0.25) is 0 Å². The lowest BCUT2D eigenvalue weighted by atomic mass is 10.0. The number of hydrogen-bond donors (Lipinski definition) is 3. The number of para-hydroxylation sites is 1. The number of ether oxygens (including phenoxy) is 1. The first kappa shape index (κ1) is 21.5. The fourth-order valence-corrected chi connectivity index (χ4v) is 2.83. The van der Waals surface area contributed by atoms with Gasteiger partial charge in [0.2, 0.25) is 5.78 Å². The van der Waals surface area contributed by atoms with Gasteiger partial charge in [0, 0.05) is 36.9 Å². The van der Waals surface area contributed by atoms with Crippen molar-refractivity contribution in [3.63, 3.8) is 0 Å². The zero-order chi connectivity index (χ0) is 21.4. The molecule has 2 atom stereocenters. The lowest BCUT2D eigenvalue weighted by Gasteiger charge is -2.20. The largest absolute Gasteiger partial charge is 0.480 e. The highest BCUT2D eigenvalue weighted by molar-refractivity contribution is 6.25. The minimum absolute atomic E-state index is 0.0396. The van der Waals surface area contributed by atoms with E-state index in [-0.39, 0.29) is 19.3 Å². The number of benzene rings is 1. The van der Waals surface area contributed by atoms with E-state index in [9.17, 15) is 24.3 Å². The van der Waals surface area contributed by atoms with Crippen LogP contribution in [0.5, 0.6) is 0 Å². The Balaban J connectivity index is 2.14. The highest BCUT2D eigenvalue weighted by atomic mass is 16.5. The minimum Gasteiger partial charge on any atom is -0.480 e. The third-order valence-corrected chi connectivity index (χ3v) is 4.18. The zero-order valence-corrected chi connectivity index (χ0v) is 15.6. The number of ketones is 1. The van der Waals surface area contributed by atoms with E-state index in [2.05, 4.69) is 15.1 Å². The van der Waals surface area contributed by atoms with Crippen molar-refractivity contribution in [1.82, 2.24) is 10.3 Å². The maximum atomic E-state index is 12.6. The molecule has 0 aliphatic rings. The van der Waals surface area contributed by atoms with Crippen LogP contribution in [0, 0.1) is 0 Å². The van der Waals surface area contributed by atoms with Crippen LogP contribution in [-0.2, 0) is 30.3 Å². The van der Waals surface area contributed by atoms with Crippen LogP contribution in [0.25, 0.3) is 16.4 Å². The summed E-state index contributed by atoms with van der Waals surface area (Å²) in [4.78, 5) is 52.5. The van der Waals surface area contributed by atoms with Gasteiger partial charge in [0.1, 0.15) is 6.04 Å². The molecule has 0 fully saturated rings. The molecule has 10 nitrogen and oxygen atoms in total. The predicted octanol–water partition coefficient (Wildman–Crippen LogP) is 0.861. The summed E-state index contributed by atoms with van der Waals surface area (Å²) < 4.78 is 5.10. The quantitative estimate of drug-likeness (QED) is 0.232. The molecule has 1 amide bonds. The number of amides is 1. The van der Waals surface area contributed by atoms with Crippen LogP contribution >= 0.6 is 0 Å². The molecule has 10 heteroatoms. The molecule has 3 N–H and O–H groups in total. The predicted molar refractivity (Wildman–Crippen MR) is 101 cm³/mol. The Hall–Kier alpha value is -3.78. The lowest BCUT2D eigenvalue weighted by Crippen LogP contribution is -2.47. The van der Waals surface area contributed by atoms with Gasteiger partial charge in [0.15, 0.2) is 6.10 Å². The fourth-order valence-electron chi connectivity index (χ4n) is 2.83. The monoisotopic (exact) mass is 400 g/mol. The van der Waals surface area contributed by atoms with Crippen LogP contribution in [0.1, 0.15) is 25.3 Å². The van der Waals surface area contributed by atoms with Crippen molar-refractivity contribution in [2.24, 2.45) is 0 Å². The van der Waals surface area contributed by atoms with Gasteiger partial charge in [-0.2, -0.15) is 4.79 Å². The Morgan fingerprint density at radius 1 is 1.31 bits per heavy atom. The third-order valence-electron chi connectivity index (χ3n) is 4.18. The number of Topliss-reactive ketones (excluding diaryl/α,β-unsaturated/α-hetero) is 1. The van der Waals surface area contributed by atoms with Crippen molar-refractivity contribution in [2.45, 2.75) is 38.3 Å². The topological polar surface area (TPSA) is 162 Å². The molecule has 0 aliphatic heterocycles. The van der Waals surface area contributed by atoms with Gasteiger partial charge in [-0.15, -0.1) is 0 Å². The number of fused-ring (bicyclic) bond motifs is 1. The van der Waals surface area contributed by atoms with Crippen LogP contribution in [0.4, 0.5) is 0 Å². The van der Waals surface area contributed by atoms with Crippen LogP contribution in [0.15, 0.2) is 30.5 Å². The molecule has 1 heterocycles. The lowest BCUT2D eigenvalue weighted by molar-refractivity contribution is -0.155. The molecule has 2 unspecified atom stereocenters. The molecular formula is C19H20N4O6. The normalized spacial score (nSPS) is 12.4. The van der Waals surface area contributed by atoms with Crippen molar-refractivity contribution < 1.29 is 33.8 Å². The summed E-state index contributed by atoms with van der Waals surface area (Å²) in [5.41, 5.74) is 9.89. The van der Waals surface area contributed by atoms with Gasteiger partial charge < -0.3 is 25.7 Å². The second kappa shape index (κ2) is 9.95. The molecule has 2 rings (SSSR count). The fraction of sp³-hybridized carbons (Fsp3) is 0.316. The first-order chi connectivity index (χ1) is 13.8. The van der Waals surface area contributed by atoms with E-state index < -0.39 is 35.8 Å². The van der Waals surface area contributed by atoms with Crippen molar-refractivity contribution in [3.05, 3.63) is 41.6 Å². The van der Waals surface area contributed by atoms with Crippen molar-refractivity contribution in [3.8, 4) is 0 Å². The molecule has 0 radical (unpaired) electrons. The Kier molecular flexibility index (Phi) is 7.39. The summed E-state index contributed by atoms with van der Waals surface area (Å²) in [6.45, 7) is 1.15. The average Bonchev–Trinajstić information content (AvgIpc) is 3.07. The summed E-state index contributed by atoms with van der Waals surface area (Å²) in [6, 6.07) is 6.00. The van der Waals surface area contributed by atoms with Crippen molar-refractivity contribution in [2.75, 3.05) is 0 Å². The van der Waals surface area contributed by atoms with E-state index >= 15 is 0 Å². The van der Waals surface area contributed by atoms with Crippen molar-refractivity contribution in [1.29, 1.82) is 0 Å². The Morgan fingerprint density at radius 2 is 2.03 bits per heavy atom. The van der Waals surface area contributed by atoms with Gasteiger partial charge >= 0.3 is 18.2 Å². The molecular weight excluding hydrogens is 380 g/mol. The molecule has 2 aromatic rings. The number of nitrogens with zero attached hydrogens (tertiary/aromatic N) is 2. The second-order valence-corrected chi connectivity index (χ2v) is 6.31. The van der Waals surface area contributed by atoms with Gasteiger partial charge in [0.05, 0.1) is 0 Å². The summed E-state index contributed by atoms with van der Waals surface area (Å²) in [7, 11) is 0. The van der Waals surface area contributed by atoms with E-state index in [1.807, 2.05) is 24.3 Å². The summed E-state index contributed by atoms with van der Waals surface area (Å²) in [5.74, 6) is -3.42. The number of carboxylic acids is 1. The number of nitrogens with one attached hydrogen (secondary N) is 2. The van der Waals surface area contributed by atoms with Crippen molar-refractivity contribution >= 4 is 40.7 Å². The minimum atomic E-state index is -1.38. The van der Waals surface area contributed by atoms with E-state index in [1.165, 1.54) is 0 Å². The Labute approximate surface area is 165 Å². The molecule has 1 aromatic carbocycles. The maximum Gasteiger partial charge on any atom is 0.326 e. The number of aromatic amines is 1. The smallest absolute Gasteiger partial charge is 0.326 e. The molecule has 0 spiro atoms. The average molecular weight is 400 g/mol. The van der Waals surface area contributed by atoms with Crippen LogP contribution in [0.3, 0.4) is 0 Å². The zero-order valence-electron chi connectivity index (χ0n) is 15.6. The number of aromatic nitrogens is 1. The third kappa shape index (κ3) is 6.12. The van der Waals surface area contributed by atoms with E-state index in [0.717, 1.165) is 23.4 Å². The highest BCUT2D eigenvalue weighted by Crippen LogP contribution is 2.20. The van der Waals surface area contributed by atoms with Crippen LogP contribution < -0.4 is 5.32 Å². The van der Waals surface area contributed by atoms with Gasteiger partial charge in [0.25, 0.3) is 5.91 Å². The number of H-pyrrole nitrogens is 1. The Bertz CT molecular complexity index is 976. The number of carbonyl (C=O) groups is 4. The Morgan fingerprint density at radius 3 is 2.69 bits per heavy atom. The van der Waals surface area contributed by atoms with E-state index in [1.54, 1.807) is 6.20 Å². The first-order valence-electron chi connectivity index (χ1n) is 8.77. The molecule has 0 saturated heterocycles. The number of rotatable bonds is 10. The SMILES string of the molecule is CC(=O)OC(Cc1c[nH]c2ccccc12)C(=O)NC(CCC(=O)C=[N+]=[N-])C(=O)O. The summed E-state index contributed by atoms with van der Waals surface area (Å²) in [6.07, 6.45) is 0.671.